The first-order valence-electron chi connectivity index (χ1n) is 7.55. The normalized spacial score (nSPS) is 23.5. The van der Waals surface area contributed by atoms with E-state index in [9.17, 15) is 19.8 Å². The van der Waals surface area contributed by atoms with Crippen molar-refractivity contribution in [1.82, 2.24) is 14.3 Å². The Morgan fingerprint density at radius 1 is 1.60 bits per heavy atom. The van der Waals surface area contributed by atoms with Crippen molar-refractivity contribution in [3.05, 3.63) is 28.8 Å². The van der Waals surface area contributed by atoms with Crippen molar-refractivity contribution in [2.24, 2.45) is 11.7 Å². The monoisotopic (exact) mass is 370 g/mol. The van der Waals surface area contributed by atoms with E-state index in [1.54, 1.807) is 19.4 Å². The quantitative estimate of drug-likeness (QED) is 0.417. The van der Waals surface area contributed by atoms with Gasteiger partial charge in [0.1, 0.15) is 11.2 Å². The molecule has 0 saturated carbocycles. The van der Waals surface area contributed by atoms with Crippen LogP contribution in [0.1, 0.15) is 23.9 Å². The predicted octanol–water partition coefficient (Wildman–Crippen LogP) is -4.07. The summed E-state index contributed by atoms with van der Waals surface area (Å²) in [6.07, 6.45) is 2.86. The van der Waals surface area contributed by atoms with Gasteiger partial charge in [-0.15, -0.1) is 11.3 Å². The van der Waals surface area contributed by atoms with E-state index in [1.807, 2.05) is 4.40 Å². The van der Waals surface area contributed by atoms with E-state index in [-0.39, 0.29) is 53.7 Å². The maximum absolute atomic E-state index is 12.3. The number of amides is 1. The smallest absolute Gasteiger partial charge is 0.543 e. The zero-order chi connectivity index (χ0) is 17.2. The molecule has 4 rings (SSSR count). The molecule has 0 spiro atoms. The molecule has 8 nitrogen and oxygen atoms in total. The number of thiazole rings is 1. The van der Waals surface area contributed by atoms with E-state index >= 15 is 0 Å². The summed E-state index contributed by atoms with van der Waals surface area (Å²) in [5.41, 5.74) is 7.05. The number of carboxylic acids is 1. The van der Waals surface area contributed by atoms with Crippen LogP contribution in [-0.2, 0) is 16.1 Å². The van der Waals surface area contributed by atoms with E-state index in [0.717, 1.165) is 15.4 Å². The van der Waals surface area contributed by atoms with Crippen molar-refractivity contribution in [2.45, 2.75) is 32.0 Å². The molecule has 1 amide bonds. The molecule has 126 valence electrons. The van der Waals surface area contributed by atoms with E-state index in [2.05, 4.69) is 4.98 Å². The molecule has 0 unspecified atom stereocenters. The van der Waals surface area contributed by atoms with Crippen LogP contribution in [0.3, 0.4) is 0 Å². The van der Waals surface area contributed by atoms with Gasteiger partial charge in [-0.05, 0) is 18.9 Å². The fourth-order valence-electron chi connectivity index (χ4n) is 3.72. The number of aromatic nitrogens is 2. The fraction of sp³-hybridized carbons (Fsp3) is 0.400. The predicted molar refractivity (Wildman–Crippen MR) is 83.3 cm³/mol. The molecule has 3 N–H and O–H groups in total. The van der Waals surface area contributed by atoms with Gasteiger partial charge in [0.05, 0.1) is 46.5 Å². The number of hydrogen-bond donors (Lipinski definition) is 2. The SMILES string of the molecule is C[C@@H](O)[C@H]1C(=O)N2C(C(=O)[O-])=C(c3sc4cncn4c3CN)C[C@H]12.[Na+]. The molecule has 2 aliphatic heterocycles. The van der Waals surface area contributed by atoms with Gasteiger partial charge in [-0.3, -0.25) is 9.20 Å². The number of carbonyl (C=O) groups is 2. The largest absolute Gasteiger partial charge is 1.00 e. The minimum absolute atomic E-state index is 0. The fourth-order valence-corrected chi connectivity index (χ4v) is 4.90. The Balaban J connectivity index is 0.00000182. The summed E-state index contributed by atoms with van der Waals surface area (Å²) in [5.74, 6) is -2.33. The van der Waals surface area contributed by atoms with Crippen LogP contribution in [0.25, 0.3) is 10.4 Å². The van der Waals surface area contributed by atoms with Crippen LogP contribution in [0.5, 0.6) is 0 Å². The Hall–Kier alpha value is -1.23. The first-order chi connectivity index (χ1) is 11.5. The summed E-state index contributed by atoms with van der Waals surface area (Å²) in [6, 6.07) is -0.342. The van der Waals surface area contributed by atoms with Crippen LogP contribution in [0, 0.1) is 5.92 Å². The summed E-state index contributed by atoms with van der Waals surface area (Å²) in [6.45, 7) is 1.76. The molecule has 4 heterocycles. The number of aliphatic carboxylic acids is 1. The molecule has 1 saturated heterocycles. The Morgan fingerprint density at radius 2 is 2.32 bits per heavy atom. The third-order valence-corrected chi connectivity index (χ3v) is 5.95. The number of carboxylic acid groups (broad SMARTS) is 1. The molecular formula is C15H15N4NaO4S. The maximum Gasteiger partial charge on any atom is 1.00 e. The Morgan fingerprint density at radius 3 is 2.92 bits per heavy atom. The first-order valence-corrected chi connectivity index (χ1v) is 8.37. The number of rotatable bonds is 4. The average Bonchev–Trinajstić information content (AvgIpc) is 3.15. The van der Waals surface area contributed by atoms with Crippen LogP contribution < -0.4 is 40.4 Å². The molecule has 2 aliphatic rings. The van der Waals surface area contributed by atoms with Crippen LogP contribution >= 0.6 is 11.3 Å². The first kappa shape index (κ1) is 18.6. The van der Waals surface area contributed by atoms with Crippen molar-refractivity contribution in [2.75, 3.05) is 0 Å². The van der Waals surface area contributed by atoms with Crippen molar-refractivity contribution in [3.8, 4) is 0 Å². The Labute approximate surface area is 169 Å². The van der Waals surface area contributed by atoms with Gasteiger partial charge in [0.2, 0.25) is 5.91 Å². The number of β-lactam (4-membered cyclic amide) rings is 1. The van der Waals surface area contributed by atoms with Gasteiger partial charge in [0.25, 0.3) is 0 Å². The molecule has 3 atom stereocenters. The summed E-state index contributed by atoms with van der Waals surface area (Å²) in [4.78, 5) is 30.8. The molecule has 0 radical (unpaired) electrons. The van der Waals surface area contributed by atoms with E-state index in [4.69, 9.17) is 5.73 Å². The van der Waals surface area contributed by atoms with Crippen molar-refractivity contribution in [1.29, 1.82) is 0 Å². The maximum atomic E-state index is 12.3. The Kier molecular flexibility index (Phi) is 4.82. The second kappa shape index (κ2) is 6.49. The van der Waals surface area contributed by atoms with Gasteiger partial charge < -0.3 is 25.6 Å². The van der Waals surface area contributed by atoms with Gasteiger partial charge in [-0.1, -0.05) is 0 Å². The molecule has 0 bridgehead atoms. The zero-order valence-corrected chi connectivity index (χ0v) is 16.6. The van der Waals surface area contributed by atoms with E-state index < -0.39 is 18.0 Å². The van der Waals surface area contributed by atoms with Crippen LogP contribution in [0.15, 0.2) is 18.2 Å². The molecule has 25 heavy (non-hydrogen) atoms. The third-order valence-electron chi connectivity index (χ3n) is 4.75. The Bertz CT molecular complexity index is 903. The van der Waals surface area contributed by atoms with Crippen LogP contribution in [0.4, 0.5) is 0 Å². The van der Waals surface area contributed by atoms with Crippen molar-refractivity contribution < 1.29 is 49.4 Å². The van der Waals surface area contributed by atoms with Crippen LogP contribution in [-0.4, -0.2) is 43.4 Å². The third kappa shape index (κ3) is 2.49. The molecule has 2 aromatic heterocycles. The molecule has 0 aliphatic carbocycles. The van der Waals surface area contributed by atoms with Gasteiger partial charge in [0.15, 0.2) is 0 Å². The number of hydrogen-bond acceptors (Lipinski definition) is 7. The summed E-state index contributed by atoms with van der Waals surface area (Å²) in [5, 5.41) is 21.5. The number of fused-ring (bicyclic) bond motifs is 2. The number of aliphatic hydroxyl groups excluding tert-OH is 1. The zero-order valence-electron chi connectivity index (χ0n) is 13.8. The van der Waals surface area contributed by atoms with E-state index in [0.29, 0.717) is 12.0 Å². The molecule has 2 aromatic rings. The minimum atomic E-state index is -1.39. The van der Waals surface area contributed by atoms with Gasteiger partial charge in [0, 0.05) is 6.54 Å². The molecule has 1 fully saturated rings. The number of carbonyl (C=O) groups excluding carboxylic acids is 2. The molecule has 10 heteroatoms. The molecular weight excluding hydrogens is 355 g/mol. The topological polar surface area (TPSA) is 124 Å². The van der Waals surface area contributed by atoms with Crippen molar-refractivity contribution >= 4 is 33.6 Å². The van der Waals surface area contributed by atoms with E-state index in [1.165, 1.54) is 16.2 Å². The standard InChI is InChI=1S/C15H16N4O4S.Na/c1-6(20)11-8-2-7(12(15(22)23)19(8)14(11)21)13-9(3-16)18-5-17-4-10(18)24-13;/h4-6,8,11,20H,2-3,16H2,1H3,(H,22,23);/q;+1/p-1/t6-,8-,11-;/m1./s1. The second-order valence-corrected chi connectivity index (χ2v) is 7.08. The number of aliphatic hydroxyl groups is 1. The summed E-state index contributed by atoms with van der Waals surface area (Å²) < 4.78 is 1.82. The number of nitrogens with two attached hydrogens (primary N) is 1. The number of nitrogens with zero attached hydrogens (tertiary/aromatic N) is 3. The van der Waals surface area contributed by atoms with Gasteiger partial charge >= 0.3 is 29.6 Å². The van der Waals surface area contributed by atoms with Gasteiger partial charge in [-0.25, -0.2) is 4.98 Å². The minimum Gasteiger partial charge on any atom is -0.543 e. The van der Waals surface area contributed by atoms with Crippen molar-refractivity contribution in [3.63, 3.8) is 0 Å². The summed E-state index contributed by atoms with van der Waals surface area (Å²) in [7, 11) is 0. The van der Waals surface area contributed by atoms with Gasteiger partial charge in [-0.2, -0.15) is 0 Å². The van der Waals surface area contributed by atoms with Crippen LogP contribution in [0.2, 0.25) is 0 Å². The molecule has 0 aromatic carbocycles. The summed E-state index contributed by atoms with van der Waals surface area (Å²) >= 11 is 1.39. The average molecular weight is 370 g/mol. The number of imidazole rings is 1. The second-order valence-electron chi connectivity index (χ2n) is 6.04.